The fourth-order valence-electron chi connectivity index (χ4n) is 3.28. The zero-order valence-electron chi connectivity index (χ0n) is 17.0. The zero-order valence-corrected chi connectivity index (χ0v) is 17.9. The minimum Gasteiger partial charge on any atom is -0.487 e. The lowest BCUT2D eigenvalue weighted by Crippen LogP contribution is -2.17. The number of hydrogen-bond donors (Lipinski definition) is 4. The van der Waals surface area contributed by atoms with Crippen molar-refractivity contribution in [2.45, 2.75) is 11.8 Å². The van der Waals surface area contributed by atoms with Crippen molar-refractivity contribution in [1.82, 2.24) is 9.97 Å². The summed E-state index contributed by atoms with van der Waals surface area (Å²) in [6.45, 7) is 2.31. The maximum Gasteiger partial charge on any atom is 0.376 e. The number of nitrogens with two attached hydrogens (primary N) is 1. The summed E-state index contributed by atoms with van der Waals surface area (Å²) in [6.07, 6.45) is 5.23. The van der Waals surface area contributed by atoms with Gasteiger partial charge in [0.1, 0.15) is 12.4 Å². The Hall–Kier alpha value is -3.63. The lowest BCUT2D eigenvalue weighted by Gasteiger charge is -2.17. The number of fused-ring (bicyclic) bond motifs is 1. The predicted molar refractivity (Wildman–Crippen MR) is 123 cm³/mol. The van der Waals surface area contributed by atoms with Crippen LogP contribution in [0.5, 0.6) is 5.75 Å². The van der Waals surface area contributed by atoms with Gasteiger partial charge in [-0.15, -0.1) is 0 Å². The molecule has 0 amide bonds. The number of aromatic nitrogens is 2. The van der Waals surface area contributed by atoms with Crippen molar-refractivity contribution in [1.29, 1.82) is 0 Å². The number of nitrogens with zero attached hydrogens (tertiary/aromatic N) is 2. The molecule has 2 aromatic carbocycles. The number of aryl methyl sites for hydroxylation is 1. The molecule has 0 saturated carbocycles. The van der Waals surface area contributed by atoms with Crippen LogP contribution in [0.4, 0.5) is 28.8 Å². The Morgan fingerprint density at radius 2 is 2.00 bits per heavy atom. The van der Waals surface area contributed by atoms with Crippen LogP contribution in [0.25, 0.3) is 6.08 Å². The highest BCUT2D eigenvalue weighted by Gasteiger charge is 2.28. The summed E-state index contributed by atoms with van der Waals surface area (Å²) in [6, 6.07) is 11.0. The average Bonchev–Trinajstić information content (AvgIpc) is 2.74. The Morgan fingerprint density at radius 1 is 1.16 bits per heavy atom. The second-order valence-electron chi connectivity index (χ2n) is 6.94. The molecule has 10 heteroatoms. The molecule has 31 heavy (non-hydrogen) atoms. The molecule has 9 nitrogen and oxygen atoms in total. The highest BCUT2D eigenvalue weighted by atomic mass is 32.2. The van der Waals surface area contributed by atoms with E-state index in [2.05, 4.69) is 25.9 Å². The van der Waals surface area contributed by atoms with E-state index in [0.29, 0.717) is 29.6 Å². The Kier molecular flexibility index (Phi) is 5.49. The molecule has 0 bridgehead atoms. The molecule has 0 radical (unpaired) electrons. The van der Waals surface area contributed by atoms with Gasteiger partial charge in [-0.25, -0.2) is 9.19 Å². The number of anilines is 5. The fraction of sp³-hybridized carbons (Fsp3) is 0.143. The average molecular weight is 440 g/mol. The monoisotopic (exact) mass is 439 g/mol. The summed E-state index contributed by atoms with van der Waals surface area (Å²) < 4.78 is 28.1. The minimum absolute atomic E-state index is 0.000307. The summed E-state index contributed by atoms with van der Waals surface area (Å²) in [7, 11) is -1.94. The van der Waals surface area contributed by atoms with E-state index >= 15 is 0 Å². The van der Waals surface area contributed by atoms with Gasteiger partial charge in [0.25, 0.3) is 0 Å². The minimum atomic E-state index is -3.80. The van der Waals surface area contributed by atoms with Crippen LogP contribution in [0.1, 0.15) is 11.1 Å². The Labute approximate surface area is 180 Å². The van der Waals surface area contributed by atoms with Gasteiger partial charge in [-0.05, 0) is 48.9 Å². The number of nitrogens with one attached hydrogen (secondary N) is 3. The van der Waals surface area contributed by atoms with Crippen LogP contribution in [-0.4, -0.2) is 32.0 Å². The lowest BCUT2D eigenvalue weighted by atomic mass is 10.1. The summed E-state index contributed by atoms with van der Waals surface area (Å²) >= 11 is 0. The molecule has 0 saturated heterocycles. The van der Waals surface area contributed by atoms with Gasteiger partial charge in [-0.3, -0.25) is 0 Å². The normalized spacial score (nSPS) is 14.2. The molecule has 1 aliphatic rings. The third kappa shape index (κ3) is 4.44. The van der Waals surface area contributed by atoms with Crippen molar-refractivity contribution in [3.63, 3.8) is 0 Å². The summed E-state index contributed by atoms with van der Waals surface area (Å²) in [5, 5.41) is 15.0. The van der Waals surface area contributed by atoms with E-state index in [0.717, 1.165) is 16.9 Å². The van der Waals surface area contributed by atoms with Crippen molar-refractivity contribution in [2.75, 3.05) is 29.6 Å². The SMILES string of the molecule is CNc1cc(Nc2nccc(Nc3ccc4c(c3S(N)(=O)=[OH+])OCC=C4)n2)ccc1C. The quantitative estimate of drug-likeness (QED) is 0.431. The summed E-state index contributed by atoms with van der Waals surface area (Å²) in [4.78, 5) is 8.70. The van der Waals surface area contributed by atoms with Gasteiger partial charge < -0.3 is 20.7 Å². The summed E-state index contributed by atoms with van der Waals surface area (Å²) in [5.74, 6) is 1.08. The molecule has 1 unspecified atom stereocenters. The molecule has 1 aliphatic heterocycles. The van der Waals surface area contributed by atoms with Crippen LogP contribution in [-0.2, 0) is 10.0 Å². The molecule has 0 spiro atoms. The molecule has 0 aliphatic carbocycles. The Morgan fingerprint density at radius 3 is 2.77 bits per heavy atom. The molecule has 1 atom stereocenters. The van der Waals surface area contributed by atoms with Crippen LogP contribution in [0.15, 0.2) is 53.6 Å². The maximum absolute atomic E-state index is 12.4. The molecule has 6 N–H and O–H groups in total. The summed E-state index contributed by atoms with van der Waals surface area (Å²) in [5.41, 5.74) is 3.95. The molecule has 2 heterocycles. The molecular formula is C21H23N6O3S+. The van der Waals surface area contributed by atoms with Crippen molar-refractivity contribution >= 4 is 44.9 Å². The van der Waals surface area contributed by atoms with Gasteiger partial charge in [0.15, 0.2) is 10.6 Å². The first-order valence-corrected chi connectivity index (χ1v) is 11.1. The van der Waals surface area contributed by atoms with Crippen molar-refractivity contribution in [2.24, 2.45) is 5.14 Å². The van der Waals surface area contributed by atoms with Crippen molar-refractivity contribution < 1.29 is 13.2 Å². The fourth-order valence-corrected chi connectivity index (χ4v) is 4.15. The molecule has 4 rings (SSSR count). The molecule has 160 valence electrons. The van der Waals surface area contributed by atoms with E-state index in [4.69, 9.17) is 9.88 Å². The first-order chi connectivity index (χ1) is 14.8. The molecule has 3 aromatic rings. The van der Waals surface area contributed by atoms with E-state index in [1.807, 2.05) is 44.3 Å². The number of rotatable bonds is 6. The molecule has 0 fully saturated rings. The van der Waals surface area contributed by atoms with E-state index in [9.17, 15) is 8.42 Å². The Bertz CT molecular complexity index is 1270. The smallest absolute Gasteiger partial charge is 0.376 e. The predicted octanol–water partition coefficient (Wildman–Crippen LogP) is 3.52. The van der Waals surface area contributed by atoms with E-state index in [-0.39, 0.29) is 10.6 Å². The first kappa shape index (κ1) is 20.6. The molecule has 1 aromatic heterocycles. The van der Waals surface area contributed by atoms with Gasteiger partial charge >= 0.3 is 10.0 Å². The molecular weight excluding hydrogens is 416 g/mol. The second-order valence-corrected chi connectivity index (χ2v) is 8.48. The van der Waals surface area contributed by atoms with Gasteiger partial charge in [0.2, 0.25) is 5.95 Å². The first-order valence-electron chi connectivity index (χ1n) is 9.51. The maximum atomic E-state index is 12.4. The number of hydrogen-bond acceptors (Lipinski definition) is 7. The number of benzene rings is 2. The van der Waals surface area contributed by atoms with E-state index in [1.54, 1.807) is 24.4 Å². The van der Waals surface area contributed by atoms with Gasteiger partial charge in [0.05, 0.1) is 5.69 Å². The van der Waals surface area contributed by atoms with E-state index in [1.165, 1.54) is 0 Å². The van der Waals surface area contributed by atoms with Gasteiger partial charge in [-0.1, -0.05) is 12.1 Å². The van der Waals surface area contributed by atoms with Crippen LogP contribution in [0, 0.1) is 6.92 Å². The van der Waals surface area contributed by atoms with Crippen LogP contribution >= 0.6 is 0 Å². The third-order valence-electron chi connectivity index (χ3n) is 4.74. The standard InChI is InChI=1S/C21H22N6O3S/c1-13-5-7-15(12-17(13)23-2)25-21-24-10-9-18(27-21)26-16-8-6-14-4-3-11-30-19(14)20(16)31(22,28)29/h3-10,12,23H,11H2,1-2H3,(H2,22,28,29)(H2,24,25,26,27)/p+1. The number of ether oxygens (including phenoxy) is 1. The second kappa shape index (κ2) is 8.25. The van der Waals surface area contributed by atoms with Gasteiger partial charge in [0, 0.05) is 30.2 Å². The van der Waals surface area contributed by atoms with Crippen LogP contribution < -0.4 is 25.8 Å². The lowest BCUT2D eigenvalue weighted by molar-refractivity contribution is 0.349. The van der Waals surface area contributed by atoms with Crippen molar-refractivity contribution in [3.05, 3.63) is 59.8 Å². The zero-order chi connectivity index (χ0) is 22.0. The highest BCUT2D eigenvalue weighted by molar-refractivity contribution is 7.89. The Balaban J connectivity index is 1.65. The van der Waals surface area contributed by atoms with Crippen LogP contribution in [0.3, 0.4) is 0 Å². The largest absolute Gasteiger partial charge is 0.487 e. The van der Waals surface area contributed by atoms with Crippen LogP contribution in [0.2, 0.25) is 0 Å². The highest BCUT2D eigenvalue weighted by Crippen LogP contribution is 2.37. The van der Waals surface area contributed by atoms with E-state index < -0.39 is 10.0 Å². The third-order valence-corrected chi connectivity index (χ3v) is 5.73. The van der Waals surface area contributed by atoms with Gasteiger partial charge in [-0.2, -0.15) is 14.3 Å². The topological polar surface area (TPSA) is 136 Å². The van der Waals surface area contributed by atoms with Crippen molar-refractivity contribution in [3.8, 4) is 5.75 Å².